The molecular formula is C17H17N3. The number of benzene rings is 1. The van der Waals surface area contributed by atoms with Gasteiger partial charge in [0, 0.05) is 31.4 Å². The molecule has 0 spiro atoms. The molecule has 0 aliphatic heterocycles. The predicted octanol–water partition coefficient (Wildman–Crippen LogP) is 3.31. The van der Waals surface area contributed by atoms with Crippen LogP contribution in [0.25, 0.3) is 10.9 Å². The molecule has 3 heteroatoms. The molecule has 0 aliphatic carbocycles. The number of aromatic nitrogens is 2. The van der Waals surface area contributed by atoms with Gasteiger partial charge >= 0.3 is 0 Å². The van der Waals surface area contributed by atoms with Gasteiger partial charge in [-0.2, -0.15) is 0 Å². The van der Waals surface area contributed by atoms with E-state index in [1.807, 2.05) is 36.8 Å². The van der Waals surface area contributed by atoms with Crippen molar-refractivity contribution in [1.29, 1.82) is 0 Å². The lowest BCUT2D eigenvalue weighted by molar-refractivity contribution is 0.873. The minimum atomic E-state index is 0.962. The zero-order valence-electron chi connectivity index (χ0n) is 11.5. The Bertz CT molecular complexity index is 695. The Kier molecular flexibility index (Phi) is 3.59. The lowest BCUT2D eigenvalue weighted by Crippen LogP contribution is -2.20. The minimum Gasteiger partial charge on any atom is -0.373 e. The number of anilines is 1. The van der Waals surface area contributed by atoms with Gasteiger partial charge in [0.05, 0.1) is 17.4 Å². The van der Waals surface area contributed by atoms with Crippen molar-refractivity contribution in [2.45, 2.75) is 6.42 Å². The molecule has 0 saturated heterocycles. The van der Waals surface area contributed by atoms with Gasteiger partial charge in [-0.3, -0.25) is 9.97 Å². The highest BCUT2D eigenvalue weighted by Crippen LogP contribution is 2.18. The first-order valence-electron chi connectivity index (χ1n) is 6.78. The molecule has 2 heterocycles. The molecule has 100 valence electrons. The van der Waals surface area contributed by atoms with E-state index >= 15 is 0 Å². The van der Waals surface area contributed by atoms with E-state index in [0.717, 1.165) is 24.2 Å². The number of rotatable bonds is 4. The Hall–Kier alpha value is -2.42. The summed E-state index contributed by atoms with van der Waals surface area (Å²) in [6.45, 7) is 0.962. The third kappa shape index (κ3) is 2.77. The smallest absolute Gasteiger partial charge is 0.0703 e. The van der Waals surface area contributed by atoms with Gasteiger partial charge in [-0.15, -0.1) is 0 Å². The van der Waals surface area contributed by atoms with Gasteiger partial charge in [-0.05, 0) is 36.2 Å². The van der Waals surface area contributed by atoms with E-state index < -0.39 is 0 Å². The second-order valence-corrected chi connectivity index (χ2v) is 4.91. The Morgan fingerprint density at radius 3 is 2.70 bits per heavy atom. The maximum atomic E-state index is 4.51. The number of pyridine rings is 2. The molecule has 1 aromatic carbocycles. The maximum absolute atomic E-state index is 4.51. The highest BCUT2D eigenvalue weighted by Gasteiger charge is 2.03. The van der Waals surface area contributed by atoms with Crippen LogP contribution in [0.5, 0.6) is 0 Å². The number of hydrogen-bond donors (Lipinski definition) is 0. The summed E-state index contributed by atoms with van der Waals surface area (Å²) in [5.74, 6) is 0. The first-order valence-corrected chi connectivity index (χ1v) is 6.78. The van der Waals surface area contributed by atoms with Crippen LogP contribution in [0.1, 0.15) is 5.56 Å². The fourth-order valence-corrected chi connectivity index (χ4v) is 2.24. The Morgan fingerprint density at radius 1 is 1.05 bits per heavy atom. The van der Waals surface area contributed by atoms with E-state index in [1.165, 1.54) is 10.9 Å². The highest BCUT2D eigenvalue weighted by molar-refractivity contribution is 5.81. The molecule has 0 N–H and O–H groups in total. The monoisotopic (exact) mass is 263 g/mol. The molecule has 0 saturated carbocycles. The first-order chi connectivity index (χ1) is 9.83. The van der Waals surface area contributed by atoms with Gasteiger partial charge in [0.2, 0.25) is 0 Å². The molecule has 0 radical (unpaired) electrons. The normalized spacial score (nSPS) is 10.7. The molecule has 0 bridgehead atoms. The molecule has 0 atom stereocenters. The quantitative estimate of drug-likeness (QED) is 0.723. The third-order valence-corrected chi connectivity index (χ3v) is 3.50. The van der Waals surface area contributed by atoms with Gasteiger partial charge in [0.25, 0.3) is 0 Å². The predicted molar refractivity (Wildman–Crippen MR) is 83.0 cm³/mol. The standard InChI is InChI=1S/C17H17N3/c1-20(11-8-14-6-9-18-10-7-14)16-12-15-4-2-3-5-17(15)19-13-16/h2-7,9-10,12-13H,8,11H2,1H3. The average molecular weight is 263 g/mol. The third-order valence-electron chi connectivity index (χ3n) is 3.50. The molecule has 20 heavy (non-hydrogen) atoms. The number of fused-ring (bicyclic) bond motifs is 1. The summed E-state index contributed by atoms with van der Waals surface area (Å²) in [5, 5.41) is 1.18. The van der Waals surface area contributed by atoms with E-state index in [9.17, 15) is 0 Å². The van der Waals surface area contributed by atoms with Gasteiger partial charge < -0.3 is 4.90 Å². The molecular weight excluding hydrogens is 246 g/mol. The minimum absolute atomic E-state index is 0.962. The molecule has 0 amide bonds. The van der Waals surface area contributed by atoms with Crippen LogP contribution in [0, 0.1) is 0 Å². The molecule has 0 unspecified atom stereocenters. The summed E-state index contributed by atoms with van der Waals surface area (Å²) >= 11 is 0. The van der Waals surface area contributed by atoms with Crippen molar-refractivity contribution in [1.82, 2.24) is 9.97 Å². The summed E-state index contributed by atoms with van der Waals surface area (Å²) in [7, 11) is 2.10. The number of likely N-dealkylation sites (N-methyl/N-ethyl adjacent to an activating group) is 1. The van der Waals surface area contributed by atoms with Gasteiger partial charge in [-0.25, -0.2) is 0 Å². The Labute approximate surface area is 118 Å². The van der Waals surface area contributed by atoms with Crippen LogP contribution in [0.2, 0.25) is 0 Å². The topological polar surface area (TPSA) is 29.0 Å². The van der Waals surface area contributed by atoms with Crippen molar-refractivity contribution in [2.24, 2.45) is 0 Å². The molecule has 3 rings (SSSR count). The van der Waals surface area contributed by atoms with Crippen LogP contribution < -0.4 is 4.90 Å². The summed E-state index contributed by atoms with van der Waals surface area (Å²) < 4.78 is 0. The molecule has 2 aromatic heterocycles. The summed E-state index contributed by atoms with van der Waals surface area (Å²) in [6.07, 6.45) is 6.63. The number of hydrogen-bond acceptors (Lipinski definition) is 3. The van der Waals surface area contributed by atoms with E-state index in [-0.39, 0.29) is 0 Å². The number of para-hydroxylation sites is 1. The molecule has 3 nitrogen and oxygen atoms in total. The van der Waals surface area contributed by atoms with Crippen molar-refractivity contribution in [3.05, 3.63) is 66.6 Å². The Morgan fingerprint density at radius 2 is 1.85 bits per heavy atom. The highest BCUT2D eigenvalue weighted by atomic mass is 15.1. The van der Waals surface area contributed by atoms with Crippen LogP contribution in [0.15, 0.2) is 61.1 Å². The van der Waals surface area contributed by atoms with Crippen molar-refractivity contribution in [2.75, 3.05) is 18.5 Å². The summed E-state index contributed by atoms with van der Waals surface area (Å²) in [4.78, 5) is 10.8. The van der Waals surface area contributed by atoms with Crippen LogP contribution in [0.3, 0.4) is 0 Å². The molecule has 0 aliphatic rings. The zero-order chi connectivity index (χ0) is 13.8. The second kappa shape index (κ2) is 5.70. The zero-order valence-corrected chi connectivity index (χ0v) is 11.5. The van der Waals surface area contributed by atoms with Gasteiger partial charge in [0.1, 0.15) is 0 Å². The van der Waals surface area contributed by atoms with Gasteiger partial charge in [0.15, 0.2) is 0 Å². The lowest BCUT2D eigenvalue weighted by atomic mass is 10.2. The van der Waals surface area contributed by atoms with Crippen LogP contribution in [-0.4, -0.2) is 23.6 Å². The summed E-state index contributed by atoms with van der Waals surface area (Å²) in [6, 6.07) is 14.5. The van der Waals surface area contributed by atoms with Gasteiger partial charge in [-0.1, -0.05) is 18.2 Å². The van der Waals surface area contributed by atoms with Crippen molar-refractivity contribution >= 4 is 16.6 Å². The van der Waals surface area contributed by atoms with Crippen molar-refractivity contribution < 1.29 is 0 Å². The second-order valence-electron chi connectivity index (χ2n) is 4.91. The van der Waals surface area contributed by atoms with Crippen molar-refractivity contribution in [3.8, 4) is 0 Å². The first kappa shape index (κ1) is 12.6. The van der Waals surface area contributed by atoms with Crippen molar-refractivity contribution in [3.63, 3.8) is 0 Å². The van der Waals surface area contributed by atoms with E-state index in [4.69, 9.17) is 0 Å². The summed E-state index contributed by atoms with van der Waals surface area (Å²) in [5.41, 5.74) is 3.50. The van der Waals surface area contributed by atoms with Crippen LogP contribution in [0.4, 0.5) is 5.69 Å². The SMILES string of the molecule is CN(CCc1ccncc1)c1cnc2ccccc2c1. The maximum Gasteiger partial charge on any atom is 0.0703 e. The van der Waals surface area contributed by atoms with Crippen LogP contribution >= 0.6 is 0 Å². The average Bonchev–Trinajstić information content (AvgIpc) is 2.53. The Balaban J connectivity index is 1.73. The molecule has 3 aromatic rings. The van der Waals surface area contributed by atoms with Crippen LogP contribution in [-0.2, 0) is 6.42 Å². The van der Waals surface area contributed by atoms with E-state index in [1.54, 1.807) is 0 Å². The fraction of sp³-hybridized carbons (Fsp3) is 0.176. The van der Waals surface area contributed by atoms with E-state index in [0.29, 0.717) is 0 Å². The van der Waals surface area contributed by atoms with E-state index in [2.05, 4.69) is 46.2 Å². The molecule has 0 fully saturated rings. The number of nitrogens with zero attached hydrogens (tertiary/aromatic N) is 3. The lowest BCUT2D eigenvalue weighted by Gasteiger charge is -2.19. The fourth-order valence-electron chi connectivity index (χ4n) is 2.24. The largest absolute Gasteiger partial charge is 0.373 e.